The maximum absolute atomic E-state index is 2.51. The Morgan fingerprint density at radius 2 is 1.40 bits per heavy atom. The molecule has 0 aliphatic rings. The summed E-state index contributed by atoms with van der Waals surface area (Å²) in [5.74, 6) is 0. The fourth-order valence-corrected chi connectivity index (χ4v) is 6.62. The molecule has 0 nitrogen and oxygen atoms in total. The van der Waals surface area contributed by atoms with Gasteiger partial charge in [-0.25, -0.2) is 0 Å². The average molecular weight is 439 g/mol. The molecule has 162 valence electrons. The molecule has 0 N–H and O–H groups in total. The van der Waals surface area contributed by atoms with Gasteiger partial charge in [-0.05, 0) is 79.3 Å². The molecule has 3 aromatic rings. The van der Waals surface area contributed by atoms with Crippen LogP contribution in [0.2, 0.25) is 0 Å². The van der Waals surface area contributed by atoms with Crippen molar-refractivity contribution in [1.29, 1.82) is 0 Å². The fraction of sp³-hybridized carbons (Fsp3) is 0.500. The van der Waals surface area contributed by atoms with Gasteiger partial charge in [0.15, 0.2) is 0 Å². The zero-order chi connectivity index (χ0) is 21.3. The van der Waals surface area contributed by atoms with Crippen LogP contribution in [0.25, 0.3) is 20.2 Å². The van der Waals surface area contributed by atoms with Crippen LogP contribution in [0.5, 0.6) is 0 Å². The van der Waals surface area contributed by atoms with Crippen LogP contribution in [0, 0.1) is 13.8 Å². The highest BCUT2D eigenvalue weighted by Gasteiger charge is 2.17. The summed E-state index contributed by atoms with van der Waals surface area (Å²) in [4.78, 5) is 4.53. The second kappa shape index (κ2) is 11.9. The quantitative estimate of drug-likeness (QED) is 0.247. The van der Waals surface area contributed by atoms with Crippen LogP contribution in [0.4, 0.5) is 0 Å². The van der Waals surface area contributed by atoms with E-state index in [-0.39, 0.29) is 0 Å². The van der Waals surface area contributed by atoms with E-state index in [9.17, 15) is 0 Å². The van der Waals surface area contributed by atoms with Gasteiger partial charge in [0.25, 0.3) is 0 Å². The largest absolute Gasteiger partial charge is 0.143 e. The Labute approximate surface area is 192 Å². The molecule has 0 amide bonds. The molecule has 0 fully saturated rings. The third-order valence-corrected chi connectivity index (χ3v) is 8.35. The Hall–Kier alpha value is -1.38. The van der Waals surface area contributed by atoms with E-state index in [1.54, 1.807) is 20.9 Å². The van der Waals surface area contributed by atoms with Gasteiger partial charge in [0.2, 0.25) is 0 Å². The van der Waals surface area contributed by atoms with Gasteiger partial charge in [-0.1, -0.05) is 76.1 Å². The van der Waals surface area contributed by atoms with Crippen molar-refractivity contribution in [3.63, 3.8) is 0 Å². The minimum absolute atomic E-state index is 1.21. The highest BCUT2D eigenvalue weighted by Crippen LogP contribution is 2.43. The second-order valence-corrected chi connectivity index (χ2v) is 10.6. The molecule has 2 heterocycles. The summed E-state index contributed by atoms with van der Waals surface area (Å²) in [6.45, 7) is 9.04. The van der Waals surface area contributed by atoms with Crippen molar-refractivity contribution in [2.24, 2.45) is 0 Å². The lowest BCUT2D eigenvalue weighted by Crippen LogP contribution is -1.89. The summed E-state index contributed by atoms with van der Waals surface area (Å²) in [6.07, 6.45) is 13.1. The maximum Gasteiger partial charge on any atom is 0.0483 e. The first-order valence-corrected chi connectivity index (χ1v) is 13.6. The standard InChI is InChI=1S/C28H38S2/c1-5-7-9-11-13-23-17-18-29-27(23)28-24(14-12-10-8-6-2)20-26(30-28)25-19-21(3)15-16-22(25)4/h15-20H,5-14H2,1-4H3. The third kappa shape index (κ3) is 6.08. The van der Waals surface area contributed by atoms with E-state index in [1.165, 1.54) is 85.8 Å². The summed E-state index contributed by atoms with van der Waals surface area (Å²) in [6, 6.07) is 11.8. The van der Waals surface area contributed by atoms with Crippen LogP contribution in [0.3, 0.4) is 0 Å². The Bertz CT molecular complexity index is 913. The number of hydrogen-bond donors (Lipinski definition) is 0. The van der Waals surface area contributed by atoms with E-state index in [1.807, 2.05) is 22.7 Å². The van der Waals surface area contributed by atoms with Crippen molar-refractivity contribution in [2.75, 3.05) is 0 Å². The number of hydrogen-bond acceptors (Lipinski definition) is 2. The van der Waals surface area contributed by atoms with E-state index in [0.717, 1.165) is 0 Å². The van der Waals surface area contributed by atoms with Gasteiger partial charge in [0.05, 0.1) is 0 Å². The molecule has 2 heteroatoms. The number of aryl methyl sites for hydroxylation is 4. The summed E-state index contributed by atoms with van der Waals surface area (Å²) in [5.41, 5.74) is 7.30. The topological polar surface area (TPSA) is 0 Å². The van der Waals surface area contributed by atoms with Crippen molar-refractivity contribution < 1.29 is 0 Å². The Balaban J connectivity index is 1.91. The molecule has 0 bridgehead atoms. The minimum Gasteiger partial charge on any atom is -0.143 e. The molecule has 0 aliphatic carbocycles. The zero-order valence-corrected chi connectivity index (χ0v) is 21.0. The monoisotopic (exact) mass is 438 g/mol. The second-order valence-electron chi connectivity index (χ2n) is 8.68. The Kier molecular flexibility index (Phi) is 9.21. The third-order valence-electron chi connectivity index (χ3n) is 6.02. The molecule has 0 saturated heterocycles. The molecule has 0 saturated carbocycles. The fourth-order valence-electron chi connectivity index (χ4n) is 4.16. The van der Waals surface area contributed by atoms with Gasteiger partial charge in [-0.2, -0.15) is 0 Å². The van der Waals surface area contributed by atoms with Crippen LogP contribution in [-0.4, -0.2) is 0 Å². The van der Waals surface area contributed by atoms with Crippen LogP contribution >= 0.6 is 22.7 Å². The van der Waals surface area contributed by atoms with Crippen LogP contribution in [-0.2, 0) is 12.8 Å². The summed E-state index contributed by atoms with van der Waals surface area (Å²) in [5, 5.41) is 2.31. The lowest BCUT2D eigenvalue weighted by Gasteiger charge is -2.06. The van der Waals surface area contributed by atoms with Crippen LogP contribution < -0.4 is 0 Å². The first kappa shape index (κ1) is 23.3. The molecule has 0 aliphatic heterocycles. The van der Waals surface area contributed by atoms with Crippen molar-refractivity contribution in [3.8, 4) is 20.2 Å². The molecule has 0 spiro atoms. The summed E-state index contributed by atoms with van der Waals surface area (Å²) >= 11 is 3.98. The van der Waals surface area contributed by atoms with Crippen LogP contribution in [0.1, 0.15) is 87.5 Å². The highest BCUT2D eigenvalue weighted by atomic mass is 32.1. The molecule has 0 unspecified atom stereocenters. The number of unbranched alkanes of at least 4 members (excludes halogenated alkanes) is 6. The average Bonchev–Trinajstić information content (AvgIpc) is 3.37. The predicted molar refractivity (Wildman–Crippen MR) is 138 cm³/mol. The van der Waals surface area contributed by atoms with Crippen molar-refractivity contribution in [1.82, 2.24) is 0 Å². The zero-order valence-electron chi connectivity index (χ0n) is 19.4. The Morgan fingerprint density at radius 1 is 0.700 bits per heavy atom. The molecule has 30 heavy (non-hydrogen) atoms. The van der Waals surface area contributed by atoms with E-state index in [2.05, 4.69) is 63.4 Å². The van der Waals surface area contributed by atoms with Crippen molar-refractivity contribution >= 4 is 22.7 Å². The van der Waals surface area contributed by atoms with E-state index in [0.29, 0.717) is 0 Å². The predicted octanol–water partition coefficient (Wildman–Crippen LogP) is 10.0. The minimum atomic E-state index is 1.21. The number of thiophene rings is 2. The van der Waals surface area contributed by atoms with Gasteiger partial charge in [0.1, 0.15) is 0 Å². The SMILES string of the molecule is CCCCCCc1ccsc1-c1sc(-c2cc(C)ccc2C)cc1CCCCCC. The van der Waals surface area contributed by atoms with Gasteiger partial charge in [-0.15, -0.1) is 22.7 Å². The van der Waals surface area contributed by atoms with E-state index < -0.39 is 0 Å². The smallest absolute Gasteiger partial charge is 0.0483 e. The summed E-state index contributed by atoms with van der Waals surface area (Å²) < 4.78 is 0. The maximum atomic E-state index is 2.51. The molecular weight excluding hydrogens is 400 g/mol. The summed E-state index contributed by atoms with van der Waals surface area (Å²) in [7, 11) is 0. The normalized spacial score (nSPS) is 11.3. The van der Waals surface area contributed by atoms with Gasteiger partial charge in [-0.3, -0.25) is 0 Å². The van der Waals surface area contributed by atoms with Crippen molar-refractivity contribution in [2.45, 2.75) is 91.9 Å². The molecule has 3 rings (SSSR count). The first-order chi connectivity index (χ1) is 14.6. The van der Waals surface area contributed by atoms with Gasteiger partial charge >= 0.3 is 0 Å². The van der Waals surface area contributed by atoms with E-state index >= 15 is 0 Å². The van der Waals surface area contributed by atoms with Gasteiger partial charge < -0.3 is 0 Å². The first-order valence-electron chi connectivity index (χ1n) is 11.9. The molecular formula is C28H38S2. The molecule has 2 aromatic heterocycles. The van der Waals surface area contributed by atoms with Crippen LogP contribution in [0.15, 0.2) is 35.7 Å². The molecule has 1 aromatic carbocycles. The molecule has 0 radical (unpaired) electrons. The Morgan fingerprint density at radius 3 is 2.10 bits per heavy atom. The van der Waals surface area contributed by atoms with E-state index in [4.69, 9.17) is 0 Å². The molecule has 0 atom stereocenters. The van der Waals surface area contributed by atoms with Gasteiger partial charge in [0, 0.05) is 14.6 Å². The lowest BCUT2D eigenvalue weighted by atomic mass is 10.0. The lowest BCUT2D eigenvalue weighted by molar-refractivity contribution is 0.666. The number of rotatable bonds is 12. The number of benzene rings is 1. The van der Waals surface area contributed by atoms with Crippen molar-refractivity contribution in [3.05, 3.63) is 58.0 Å². The highest BCUT2D eigenvalue weighted by molar-refractivity contribution is 7.23.